The molecule has 1 heterocycles. The van der Waals surface area contributed by atoms with Gasteiger partial charge in [0.25, 0.3) is 0 Å². The molecule has 1 atom stereocenters. The number of methoxy groups -OCH3 is 1. The topological polar surface area (TPSA) is 91.2 Å². The average Bonchev–Trinajstić information content (AvgIpc) is 3.08. The van der Waals surface area contributed by atoms with Crippen LogP contribution in [-0.2, 0) is 15.3 Å². The third kappa shape index (κ3) is 3.44. The number of hydrogen-bond acceptors (Lipinski definition) is 7. The van der Waals surface area contributed by atoms with Crippen LogP contribution in [0.4, 0.5) is 0 Å². The maximum atomic E-state index is 11.0. The summed E-state index contributed by atoms with van der Waals surface area (Å²) in [5.41, 5.74) is 5.60. The molecule has 0 aliphatic heterocycles. The first-order valence-corrected chi connectivity index (χ1v) is 6.60. The van der Waals surface area contributed by atoms with Crippen molar-refractivity contribution < 1.29 is 14.1 Å². The van der Waals surface area contributed by atoms with Crippen LogP contribution in [0.2, 0.25) is 0 Å². The van der Waals surface area contributed by atoms with Crippen molar-refractivity contribution in [3.8, 4) is 0 Å². The second-order valence-electron chi connectivity index (χ2n) is 3.97. The molecule has 1 saturated carbocycles. The molecule has 1 fully saturated rings. The van der Waals surface area contributed by atoms with Crippen molar-refractivity contribution in [3.05, 3.63) is 11.7 Å². The first-order chi connectivity index (χ1) is 8.20. The van der Waals surface area contributed by atoms with Crippen molar-refractivity contribution in [1.82, 2.24) is 10.1 Å². The largest absolute Gasteiger partial charge is 0.468 e. The van der Waals surface area contributed by atoms with Gasteiger partial charge in [0.05, 0.1) is 12.9 Å². The summed E-state index contributed by atoms with van der Waals surface area (Å²) in [4.78, 5) is 15.3. The van der Waals surface area contributed by atoms with Gasteiger partial charge in [0, 0.05) is 11.7 Å². The number of esters is 1. The van der Waals surface area contributed by atoms with E-state index in [1.807, 2.05) is 0 Å². The molecule has 0 saturated heterocycles. The van der Waals surface area contributed by atoms with Gasteiger partial charge in [0.1, 0.15) is 6.04 Å². The van der Waals surface area contributed by atoms with Crippen molar-refractivity contribution >= 4 is 17.7 Å². The number of nitrogens with zero attached hydrogens (tertiary/aromatic N) is 2. The average molecular weight is 257 g/mol. The molecule has 17 heavy (non-hydrogen) atoms. The third-order valence-corrected chi connectivity index (χ3v) is 3.50. The van der Waals surface area contributed by atoms with Gasteiger partial charge in [0.15, 0.2) is 5.82 Å². The Morgan fingerprint density at radius 2 is 2.47 bits per heavy atom. The summed E-state index contributed by atoms with van der Waals surface area (Å²) in [6, 6.07) is -0.597. The monoisotopic (exact) mass is 257 g/mol. The molecule has 0 radical (unpaired) electrons. The summed E-state index contributed by atoms with van der Waals surface area (Å²) in [6.45, 7) is 0. The Labute approximate surface area is 103 Å². The summed E-state index contributed by atoms with van der Waals surface area (Å²) >= 11 is 1.49. The second kappa shape index (κ2) is 5.50. The Balaban J connectivity index is 1.72. The van der Waals surface area contributed by atoms with Gasteiger partial charge in [-0.1, -0.05) is 5.16 Å². The highest BCUT2D eigenvalue weighted by Gasteiger charge is 2.29. The van der Waals surface area contributed by atoms with E-state index in [-0.39, 0.29) is 0 Å². The number of ether oxygens (including phenoxy) is 1. The van der Waals surface area contributed by atoms with Crippen molar-refractivity contribution in [2.45, 2.75) is 30.6 Å². The van der Waals surface area contributed by atoms with Crippen LogP contribution in [0.25, 0.3) is 0 Å². The molecular formula is C10H15N3O3S. The number of aromatic nitrogens is 2. The van der Waals surface area contributed by atoms with Gasteiger partial charge in [-0.15, -0.1) is 0 Å². The molecule has 94 valence electrons. The number of hydrogen-bond donors (Lipinski definition) is 1. The molecule has 1 unspecified atom stereocenters. The van der Waals surface area contributed by atoms with E-state index in [2.05, 4.69) is 14.9 Å². The van der Waals surface area contributed by atoms with Crippen LogP contribution >= 0.6 is 11.8 Å². The second-order valence-corrected chi connectivity index (χ2v) is 5.00. The molecule has 0 amide bonds. The lowest BCUT2D eigenvalue weighted by atomic mass is 10.4. The molecule has 2 N–H and O–H groups in total. The van der Waals surface area contributed by atoms with Crippen molar-refractivity contribution in [2.75, 3.05) is 12.9 Å². The maximum absolute atomic E-state index is 11.0. The Morgan fingerprint density at radius 1 is 1.71 bits per heavy atom. The normalized spacial score (nSPS) is 16.8. The van der Waals surface area contributed by atoms with E-state index in [4.69, 9.17) is 10.3 Å². The molecule has 0 bridgehead atoms. The Hall–Kier alpha value is -1.08. The summed E-state index contributed by atoms with van der Waals surface area (Å²) < 4.78 is 9.65. The molecule has 1 aliphatic rings. The van der Waals surface area contributed by atoms with Gasteiger partial charge in [-0.05, 0) is 12.8 Å². The summed E-state index contributed by atoms with van der Waals surface area (Å²) in [5.74, 6) is 2.55. The quantitative estimate of drug-likeness (QED) is 0.749. The number of carbonyl (C=O) groups excluding carboxylic acids is 1. The number of nitrogens with two attached hydrogens (primary N) is 1. The highest BCUT2D eigenvalue weighted by Crippen LogP contribution is 2.38. The van der Waals surface area contributed by atoms with Gasteiger partial charge in [-0.2, -0.15) is 16.7 Å². The SMILES string of the molecule is COC(=O)C(N)CSCc1noc(C2CC2)n1. The Kier molecular flexibility index (Phi) is 4.01. The van der Waals surface area contributed by atoms with Crippen molar-refractivity contribution in [2.24, 2.45) is 5.73 Å². The van der Waals surface area contributed by atoms with Crippen LogP contribution in [0.3, 0.4) is 0 Å². The van der Waals surface area contributed by atoms with Crippen LogP contribution in [0.15, 0.2) is 4.52 Å². The fraction of sp³-hybridized carbons (Fsp3) is 0.700. The highest BCUT2D eigenvalue weighted by atomic mass is 32.2. The molecule has 6 nitrogen and oxygen atoms in total. The van der Waals surface area contributed by atoms with Crippen LogP contribution < -0.4 is 5.73 Å². The van der Waals surface area contributed by atoms with Crippen molar-refractivity contribution in [3.63, 3.8) is 0 Å². The minimum atomic E-state index is -0.597. The van der Waals surface area contributed by atoms with E-state index in [9.17, 15) is 4.79 Å². The van der Waals surface area contributed by atoms with Gasteiger partial charge >= 0.3 is 5.97 Å². The molecule has 2 rings (SSSR count). The highest BCUT2D eigenvalue weighted by molar-refractivity contribution is 7.98. The Morgan fingerprint density at radius 3 is 3.12 bits per heavy atom. The van der Waals surface area contributed by atoms with E-state index in [0.29, 0.717) is 23.2 Å². The minimum absolute atomic E-state index is 0.399. The van der Waals surface area contributed by atoms with E-state index in [1.54, 1.807) is 0 Å². The smallest absolute Gasteiger partial charge is 0.323 e. The third-order valence-electron chi connectivity index (χ3n) is 2.44. The van der Waals surface area contributed by atoms with Gasteiger partial charge in [-0.25, -0.2) is 0 Å². The zero-order valence-corrected chi connectivity index (χ0v) is 10.4. The number of rotatable bonds is 6. The number of thioether (sulfide) groups is 1. The predicted octanol–water partition coefficient (Wildman–Crippen LogP) is 0.680. The van der Waals surface area contributed by atoms with E-state index >= 15 is 0 Å². The van der Waals surface area contributed by atoms with Crippen LogP contribution in [0.5, 0.6) is 0 Å². The fourth-order valence-corrected chi connectivity index (χ4v) is 2.13. The van der Waals surface area contributed by atoms with Crippen LogP contribution in [0, 0.1) is 0 Å². The minimum Gasteiger partial charge on any atom is -0.468 e. The van der Waals surface area contributed by atoms with E-state index in [0.717, 1.165) is 18.7 Å². The summed E-state index contributed by atoms with van der Waals surface area (Å²) in [7, 11) is 1.33. The number of carbonyl (C=O) groups is 1. The summed E-state index contributed by atoms with van der Waals surface area (Å²) in [5, 5.41) is 3.88. The lowest BCUT2D eigenvalue weighted by Gasteiger charge is -2.06. The molecule has 1 aromatic rings. The predicted molar refractivity (Wildman–Crippen MR) is 62.4 cm³/mol. The first-order valence-electron chi connectivity index (χ1n) is 5.44. The first kappa shape index (κ1) is 12.4. The van der Waals surface area contributed by atoms with Crippen LogP contribution in [0.1, 0.15) is 30.5 Å². The van der Waals surface area contributed by atoms with E-state index < -0.39 is 12.0 Å². The van der Waals surface area contributed by atoms with Gasteiger partial charge in [0.2, 0.25) is 5.89 Å². The standard InChI is InChI=1S/C10H15N3O3S/c1-15-10(14)7(11)4-17-5-8-12-9(16-13-8)6-2-3-6/h6-7H,2-5,11H2,1H3. The molecule has 1 aromatic heterocycles. The van der Waals surface area contributed by atoms with Gasteiger partial charge < -0.3 is 15.0 Å². The maximum Gasteiger partial charge on any atom is 0.323 e. The molecule has 1 aliphatic carbocycles. The molecule has 0 aromatic carbocycles. The molecule has 0 spiro atoms. The fourth-order valence-electron chi connectivity index (χ4n) is 1.32. The summed E-state index contributed by atoms with van der Waals surface area (Å²) in [6.07, 6.45) is 2.28. The lowest BCUT2D eigenvalue weighted by molar-refractivity contribution is -0.141. The van der Waals surface area contributed by atoms with Crippen LogP contribution in [-0.4, -0.2) is 35.0 Å². The zero-order chi connectivity index (χ0) is 12.3. The Bertz CT molecular complexity index is 392. The zero-order valence-electron chi connectivity index (χ0n) is 9.59. The van der Waals surface area contributed by atoms with Gasteiger partial charge in [-0.3, -0.25) is 4.79 Å². The lowest BCUT2D eigenvalue weighted by Crippen LogP contribution is -2.33. The molecular weight excluding hydrogens is 242 g/mol. The van der Waals surface area contributed by atoms with E-state index in [1.165, 1.54) is 18.9 Å². The van der Waals surface area contributed by atoms with Crippen molar-refractivity contribution in [1.29, 1.82) is 0 Å². The molecule has 7 heteroatoms.